The molecule has 0 saturated heterocycles. The number of nitrogens with one attached hydrogen (secondary N) is 4. The van der Waals surface area contributed by atoms with Crippen LogP contribution in [0.2, 0.25) is 0 Å². The molecule has 0 aliphatic heterocycles. The molecule has 0 fully saturated rings. The van der Waals surface area contributed by atoms with Crippen LogP contribution in [0.3, 0.4) is 0 Å². The Morgan fingerprint density at radius 3 is 2.37 bits per heavy atom. The minimum atomic E-state index is -1.06. The van der Waals surface area contributed by atoms with Gasteiger partial charge >= 0.3 is 5.97 Å². The fraction of sp³-hybridized carbons (Fsp3) is 0.111. The van der Waals surface area contributed by atoms with Gasteiger partial charge in [0.1, 0.15) is 28.6 Å². The standard InChI is InChI=1S/C27H21FN8O6S/c1-11-6-12(2-4-14(11)25(41)42)9-30-23(39)17-8-18(36-26(33-17)34-35-27(36)43)24(40)31-10-13-3-5-15(28)16(7-13)32-20-19(29)21(37)22(20)38/h2-8,32H,9-10,29H2,1H3,(H,30,39)(H,31,40)(H,35,43)(H,41,42). The fourth-order valence-electron chi connectivity index (χ4n) is 4.27. The maximum atomic E-state index is 14.3. The molecule has 7 N–H and O–H groups in total. The average molecular weight is 605 g/mol. The smallest absolute Gasteiger partial charge is 0.335 e. The second kappa shape index (κ2) is 11.2. The lowest BCUT2D eigenvalue weighted by Gasteiger charge is -2.13. The number of benzene rings is 2. The summed E-state index contributed by atoms with van der Waals surface area (Å²) in [4.78, 5) is 64.7. The Kier molecular flexibility index (Phi) is 7.52. The van der Waals surface area contributed by atoms with Crippen molar-refractivity contribution in [2.24, 2.45) is 0 Å². The van der Waals surface area contributed by atoms with Gasteiger partial charge < -0.3 is 26.8 Å². The number of nitrogen functional groups attached to an aromatic ring is 1. The maximum Gasteiger partial charge on any atom is 0.335 e. The molecule has 2 heterocycles. The van der Waals surface area contributed by atoms with Crippen molar-refractivity contribution in [3.05, 3.63) is 107 Å². The van der Waals surface area contributed by atoms with Gasteiger partial charge in [-0.05, 0) is 60.1 Å². The number of carboxylic acids is 1. The normalized spacial score (nSPS) is 11.0. The summed E-state index contributed by atoms with van der Waals surface area (Å²) in [6.45, 7) is 1.60. The highest BCUT2D eigenvalue weighted by molar-refractivity contribution is 7.71. The molecule has 218 valence electrons. The largest absolute Gasteiger partial charge is 0.478 e. The van der Waals surface area contributed by atoms with Crippen LogP contribution in [-0.2, 0) is 13.1 Å². The summed E-state index contributed by atoms with van der Waals surface area (Å²) in [5.41, 5.74) is 4.71. The molecule has 5 rings (SSSR count). The number of aromatic nitrogens is 4. The van der Waals surface area contributed by atoms with Crippen LogP contribution >= 0.6 is 12.2 Å². The number of aryl methyl sites for hydroxylation is 1. The molecular weight excluding hydrogens is 583 g/mol. The number of halogens is 1. The van der Waals surface area contributed by atoms with Gasteiger partial charge in [0.25, 0.3) is 28.4 Å². The van der Waals surface area contributed by atoms with Crippen LogP contribution in [0.1, 0.15) is 48.0 Å². The molecular formula is C27H21FN8O6S. The fourth-order valence-corrected chi connectivity index (χ4v) is 4.49. The zero-order chi connectivity index (χ0) is 31.0. The molecule has 0 bridgehead atoms. The van der Waals surface area contributed by atoms with Crippen molar-refractivity contribution in [3.8, 4) is 0 Å². The Morgan fingerprint density at radius 2 is 1.70 bits per heavy atom. The van der Waals surface area contributed by atoms with Gasteiger partial charge in [-0.3, -0.25) is 19.2 Å². The molecule has 0 atom stereocenters. The molecule has 5 aromatic rings. The molecule has 2 amide bonds. The van der Waals surface area contributed by atoms with E-state index < -0.39 is 34.5 Å². The number of H-pyrrole nitrogens is 1. The highest BCUT2D eigenvalue weighted by Crippen LogP contribution is 2.22. The van der Waals surface area contributed by atoms with Crippen LogP contribution in [0.25, 0.3) is 5.78 Å². The van der Waals surface area contributed by atoms with Gasteiger partial charge in [-0.1, -0.05) is 18.2 Å². The first-order chi connectivity index (χ1) is 20.4. The Labute approximate surface area is 245 Å². The number of hydrogen-bond donors (Lipinski definition) is 6. The molecule has 0 radical (unpaired) electrons. The highest BCUT2D eigenvalue weighted by Gasteiger charge is 2.21. The topological polar surface area (TPSA) is 214 Å². The Hall–Kier alpha value is -5.77. The number of carbonyl (C=O) groups excluding carboxylic acids is 2. The van der Waals surface area contributed by atoms with Crippen molar-refractivity contribution < 1.29 is 23.9 Å². The van der Waals surface area contributed by atoms with Gasteiger partial charge in [0.15, 0.2) is 0 Å². The van der Waals surface area contributed by atoms with Gasteiger partial charge in [0.05, 0.1) is 11.3 Å². The van der Waals surface area contributed by atoms with Crippen molar-refractivity contribution in [1.82, 2.24) is 30.2 Å². The Balaban J connectivity index is 1.33. The summed E-state index contributed by atoms with van der Waals surface area (Å²) in [5, 5.41) is 23.5. The second-order valence-corrected chi connectivity index (χ2v) is 9.78. The van der Waals surface area contributed by atoms with Gasteiger partial charge in [0.2, 0.25) is 4.77 Å². The number of nitrogens with two attached hydrogens (primary N) is 1. The summed E-state index contributed by atoms with van der Waals surface area (Å²) in [6, 6.07) is 9.74. The van der Waals surface area contributed by atoms with Crippen LogP contribution in [0.15, 0.2) is 52.1 Å². The minimum Gasteiger partial charge on any atom is -0.478 e. The van der Waals surface area contributed by atoms with Gasteiger partial charge in [-0.2, -0.15) is 0 Å². The van der Waals surface area contributed by atoms with E-state index in [0.29, 0.717) is 16.7 Å². The molecule has 0 aliphatic rings. The quantitative estimate of drug-likeness (QED) is 0.105. The number of fused-ring (bicyclic) bond motifs is 1. The Bertz CT molecular complexity index is 2100. The zero-order valence-corrected chi connectivity index (χ0v) is 23.0. The van der Waals surface area contributed by atoms with Crippen LogP contribution < -0.4 is 32.5 Å². The third-order valence-electron chi connectivity index (χ3n) is 6.52. The summed E-state index contributed by atoms with van der Waals surface area (Å²) in [5.74, 6) is -3.10. The summed E-state index contributed by atoms with van der Waals surface area (Å²) < 4.78 is 15.6. The molecule has 3 aromatic carbocycles. The van der Waals surface area contributed by atoms with E-state index in [1.165, 1.54) is 28.7 Å². The lowest BCUT2D eigenvalue weighted by atomic mass is 10.1. The monoisotopic (exact) mass is 604 g/mol. The molecule has 14 nitrogen and oxygen atoms in total. The Morgan fingerprint density at radius 1 is 1.02 bits per heavy atom. The van der Waals surface area contributed by atoms with Crippen molar-refractivity contribution >= 4 is 52.8 Å². The maximum absolute atomic E-state index is 14.3. The van der Waals surface area contributed by atoms with Gasteiger partial charge in [0, 0.05) is 13.1 Å². The number of nitrogens with zero attached hydrogens (tertiary/aromatic N) is 3. The van der Waals surface area contributed by atoms with Crippen molar-refractivity contribution in [3.63, 3.8) is 0 Å². The predicted molar refractivity (Wildman–Crippen MR) is 154 cm³/mol. The first-order valence-corrected chi connectivity index (χ1v) is 12.9. The minimum absolute atomic E-state index is 0.0386. The third kappa shape index (κ3) is 5.58. The number of hydrogen-bond acceptors (Lipinski definition) is 10. The van der Waals surface area contributed by atoms with E-state index in [4.69, 9.17) is 18.0 Å². The van der Waals surface area contributed by atoms with Crippen LogP contribution in [0.4, 0.5) is 21.5 Å². The lowest BCUT2D eigenvalue weighted by molar-refractivity contribution is 0.0695. The van der Waals surface area contributed by atoms with E-state index in [1.54, 1.807) is 19.1 Å². The molecule has 16 heteroatoms. The van der Waals surface area contributed by atoms with Crippen LogP contribution in [0.5, 0.6) is 0 Å². The molecule has 0 saturated carbocycles. The number of aromatic amines is 1. The summed E-state index contributed by atoms with van der Waals surface area (Å²) in [6.07, 6.45) is 0. The third-order valence-corrected chi connectivity index (χ3v) is 6.79. The molecule has 2 aromatic heterocycles. The molecule has 0 unspecified atom stereocenters. The zero-order valence-electron chi connectivity index (χ0n) is 22.1. The summed E-state index contributed by atoms with van der Waals surface area (Å²) >= 11 is 5.22. The first kappa shape index (κ1) is 28.7. The van der Waals surface area contributed by atoms with Crippen molar-refractivity contribution in [2.45, 2.75) is 20.0 Å². The molecule has 0 aliphatic carbocycles. The average Bonchev–Trinajstić information content (AvgIpc) is 3.37. The van der Waals surface area contributed by atoms with Crippen LogP contribution in [-0.4, -0.2) is 42.5 Å². The number of carboxylic acid groups (broad SMARTS) is 1. The van der Waals surface area contributed by atoms with Crippen molar-refractivity contribution in [2.75, 3.05) is 11.1 Å². The summed E-state index contributed by atoms with van der Waals surface area (Å²) in [7, 11) is 0. The molecule has 0 spiro atoms. The van der Waals surface area contributed by atoms with E-state index in [0.717, 1.165) is 6.07 Å². The lowest BCUT2D eigenvalue weighted by Crippen LogP contribution is -2.36. The van der Waals surface area contributed by atoms with E-state index >= 15 is 0 Å². The van der Waals surface area contributed by atoms with E-state index in [9.17, 15) is 33.5 Å². The molecule has 43 heavy (non-hydrogen) atoms. The first-order valence-electron chi connectivity index (χ1n) is 12.5. The van der Waals surface area contributed by atoms with Crippen LogP contribution in [0, 0.1) is 17.5 Å². The van der Waals surface area contributed by atoms with E-state index in [-0.39, 0.29) is 57.7 Å². The number of anilines is 3. The second-order valence-electron chi connectivity index (χ2n) is 9.40. The number of amides is 2. The SMILES string of the molecule is Cc1cc(CNC(=O)c2cc(C(=O)NCc3ccc(F)c(Nc4c(N)c(=O)c4=O)c3)n3c(=S)[nH]nc3n2)ccc1C(=O)O. The van der Waals surface area contributed by atoms with Crippen molar-refractivity contribution in [1.29, 1.82) is 0 Å². The van der Waals surface area contributed by atoms with E-state index in [2.05, 4.69) is 31.1 Å². The number of rotatable bonds is 9. The highest BCUT2D eigenvalue weighted by atomic mass is 32.1. The number of aromatic carboxylic acids is 1. The van der Waals surface area contributed by atoms with Gasteiger partial charge in [-0.15, -0.1) is 5.10 Å². The van der Waals surface area contributed by atoms with Gasteiger partial charge in [-0.25, -0.2) is 23.7 Å². The van der Waals surface area contributed by atoms with E-state index in [1.807, 2.05) is 0 Å². The number of carbonyl (C=O) groups is 3. The predicted octanol–water partition coefficient (Wildman–Crippen LogP) is 1.71.